The van der Waals surface area contributed by atoms with Gasteiger partial charge in [-0.1, -0.05) is 62.2 Å². The molecule has 1 aliphatic rings. The molecule has 2 aromatic rings. The van der Waals surface area contributed by atoms with Gasteiger partial charge in [0.15, 0.2) is 0 Å². The maximum Gasteiger partial charge on any atom is 0.323 e. The number of hydrogen-bond donors (Lipinski definition) is 3. The molecule has 1 heterocycles. The summed E-state index contributed by atoms with van der Waals surface area (Å²) >= 11 is 12.1. The van der Waals surface area contributed by atoms with Gasteiger partial charge in [0.25, 0.3) is 0 Å². The van der Waals surface area contributed by atoms with E-state index in [1.54, 1.807) is 0 Å². The second-order valence-corrected chi connectivity index (χ2v) is 11.5. The monoisotopic (exact) mass is 567 g/mol. The first-order valence-corrected chi connectivity index (χ1v) is 12.7. The van der Waals surface area contributed by atoms with Crippen molar-refractivity contribution in [2.75, 3.05) is 6.61 Å². The minimum Gasteiger partial charge on any atom is -0.462 e. The van der Waals surface area contributed by atoms with E-state index < -0.39 is 71.5 Å². The second-order valence-electron chi connectivity index (χ2n) is 10.6. The van der Waals surface area contributed by atoms with E-state index >= 15 is 8.78 Å². The smallest absolute Gasteiger partial charge is 0.323 e. The van der Waals surface area contributed by atoms with Crippen molar-refractivity contribution < 1.29 is 28.2 Å². The van der Waals surface area contributed by atoms with Crippen LogP contribution in [0.1, 0.15) is 50.7 Å². The van der Waals surface area contributed by atoms with Gasteiger partial charge in [0.1, 0.15) is 29.7 Å². The van der Waals surface area contributed by atoms with Crippen LogP contribution in [0.25, 0.3) is 0 Å². The molecule has 0 aliphatic carbocycles. The number of nitrogens with one attached hydrogen (secondary N) is 1. The summed E-state index contributed by atoms with van der Waals surface area (Å²) in [6, 6.07) is 8.04. The molecule has 0 radical (unpaired) electrons. The van der Waals surface area contributed by atoms with Gasteiger partial charge >= 0.3 is 5.97 Å². The largest absolute Gasteiger partial charge is 0.462 e. The maximum atomic E-state index is 15.5. The van der Waals surface area contributed by atoms with Crippen molar-refractivity contribution >= 4 is 35.1 Å². The lowest BCUT2D eigenvalue weighted by molar-refractivity contribution is -0.150. The zero-order valence-corrected chi connectivity index (χ0v) is 22.6. The number of rotatable bonds is 8. The van der Waals surface area contributed by atoms with E-state index in [0.29, 0.717) is 0 Å². The number of carbonyl (C=O) groups excluding carboxylic acids is 2. The van der Waals surface area contributed by atoms with Crippen LogP contribution >= 0.6 is 23.2 Å². The Kier molecular flexibility index (Phi) is 9.04. The highest BCUT2D eigenvalue weighted by molar-refractivity contribution is 6.31. The Hall–Kier alpha value is -2.77. The van der Waals surface area contributed by atoms with Crippen molar-refractivity contribution in [3.8, 4) is 6.07 Å². The summed E-state index contributed by atoms with van der Waals surface area (Å²) in [5.41, 5.74) is 2.72. The minimum absolute atomic E-state index is 0.0698. The molecular weight excluding hydrogens is 539 g/mol. The molecule has 1 amide bonds. The third-order valence-electron chi connectivity index (χ3n) is 6.56. The zero-order chi connectivity index (χ0) is 28.4. The zero-order valence-electron chi connectivity index (χ0n) is 21.1. The number of esters is 1. The molecule has 3 rings (SSSR count). The van der Waals surface area contributed by atoms with Gasteiger partial charge < -0.3 is 15.6 Å². The Morgan fingerprint density at radius 1 is 1.26 bits per heavy atom. The third-order valence-corrected chi connectivity index (χ3v) is 7.08. The van der Waals surface area contributed by atoms with Gasteiger partial charge in [0.2, 0.25) is 5.91 Å². The lowest BCUT2D eigenvalue weighted by Gasteiger charge is -2.37. The standard InChI is InChI=1S/C27H29Cl2F2N3O4/c1-26(2,3)11-20-27(13-32,17-8-7-14(28)9-19(17)30)22(16-5-4-6-18(29)23(16)31)24(34-20)25(37)38-12-15(35)10-21(33)36/h4-9,15,20,22,24,34-35H,10-12H2,1-3H3,(H2,33,36)/t15-,20?,22?,24?,27?/m1/s1. The molecule has 204 valence electrons. The first-order valence-electron chi connectivity index (χ1n) is 11.9. The minimum atomic E-state index is -1.80. The Labute approximate surface area is 229 Å². The molecule has 7 nitrogen and oxygen atoms in total. The van der Waals surface area contributed by atoms with Crippen LogP contribution in [0.4, 0.5) is 8.78 Å². The van der Waals surface area contributed by atoms with E-state index in [-0.39, 0.29) is 27.6 Å². The van der Waals surface area contributed by atoms with E-state index in [9.17, 15) is 20.0 Å². The van der Waals surface area contributed by atoms with Crippen molar-refractivity contribution in [2.24, 2.45) is 11.1 Å². The van der Waals surface area contributed by atoms with Crippen molar-refractivity contribution in [3.05, 3.63) is 69.2 Å². The molecule has 1 aliphatic heterocycles. The number of aliphatic hydroxyl groups is 1. The fourth-order valence-electron chi connectivity index (χ4n) is 5.09. The predicted octanol–water partition coefficient (Wildman–Crippen LogP) is 4.37. The summed E-state index contributed by atoms with van der Waals surface area (Å²) in [5, 5.41) is 23.7. The Bertz CT molecular complexity index is 1260. The van der Waals surface area contributed by atoms with Gasteiger partial charge in [-0.05, 0) is 35.6 Å². The van der Waals surface area contributed by atoms with Crippen LogP contribution in [0.5, 0.6) is 0 Å². The predicted molar refractivity (Wildman–Crippen MR) is 138 cm³/mol. The average molecular weight is 568 g/mol. The number of aliphatic hydroxyl groups excluding tert-OH is 1. The van der Waals surface area contributed by atoms with Crippen LogP contribution in [-0.4, -0.2) is 41.8 Å². The molecule has 1 fully saturated rings. The lowest BCUT2D eigenvalue weighted by atomic mass is 9.62. The van der Waals surface area contributed by atoms with Crippen LogP contribution in [0.3, 0.4) is 0 Å². The highest BCUT2D eigenvalue weighted by atomic mass is 35.5. The lowest BCUT2D eigenvalue weighted by Crippen LogP contribution is -2.44. The molecule has 0 spiro atoms. The third kappa shape index (κ3) is 6.10. The summed E-state index contributed by atoms with van der Waals surface area (Å²) in [7, 11) is 0. The number of ether oxygens (including phenoxy) is 1. The van der Waals surface area contributed by atoms with Crippen LogP contribution in [0.2, 0.25) is 10.0 Å². The van der Waals surface area contributed by atoms with Crippen LogP contribution < -0.4 is 11.1 Å². The number of hydrogen-bond acceptors (Lipinski definition) is 6. The molecule has 2 aromatic carbocycles. The quantitative estimate of drug-likeness (QED) is 0.406. The second kappa shape index (κ2) is 11.5. The van der Waals surface area contributed by atoms with Gasteiger partial charge in [0.05, 0.1) is 23.6 Å². The average Bonchev–Trinajstić information content (AvgIpc) is 3.11. The van der Waals surface area contributed by atoms with Crippen molar-refractivity contribution in [2.45, 2.75) is 63.1 Å². The number of nitrogens with zero attached hydrogens (tertiary/aromatic N) is 1. The highest BCUT2D eigenvalue weighted by Gasteiger charge is 2.61. The fraction of sp³-hybridized carbons (Fsp3) is 0.444. The molecule has 0 saturated carbocycles. The topological polar surface area (TPSA) is 125 Å². The van der Waals surface area contributed by atoms with E-state index in [2.05, 4.69) is 11.4 Å². The van der Waals surface area contributed by atoms with Crippen molar-refractivity contribution in [3.63, 3.8) is 0 Å². The number of nitrogens with two attached hydrogens (primary N) is 1. The highest BCUT2D eigenvalue weighted by Crippen LogP contribution is 2.52. The summed E-state index contributed by atoms with van der Waals surface area (Å²) in [4.78, 5) is 24.5. The summed E-state index contributed by atoms with van der Waals surface area (Å²) < 4.78 is 36.4. The molecule has 0 bridgehead atoms. The maximum absolute atomic E-state index is 15.5. The molecule has 4 unspecified atom stereocenters. The van der Waals surface area contributed by atoms with Crippen molar-refractivity contribution in [1.29, 1.82) is 5.26 Å². The molecule has 0 aromatic heterocycles. The molecular formula is C27H29Cl2F2N3O4. The number of primary amides is 1. The number of carbonyl (C=O) groups is 2. The number of amides is 1. The first kappa shape index (κ1) is 29.8. The van der Waals surface area contributed by atoms with Gasteiger partial charge in [0, 0.05) is 22.5 Å². The summed E-state index contributed by atoms with van der Waals surface area (Å²) in [6.07, 6.45) is -1.52. The SMILES string of the molecule is CC(C)(C)CC1NC(C(=O)OC[C@H](O)CC(N)=O)C(c2cccc(Cl)c2F)C1(C#N)c1ccc(Cl)cc1F. The number of benzene rings is 2. The molecule has 11 heteroatoms. The molecule has 1 saturated heterocycles. The van der Waals surface area contributed by atoms with Crippen molar-refractivity contribution in [1.82, 2.24) is 5.32 Å². The molecule has 5 atom stereocenters. The fourth-order valence-corrected chi connectivity index (χ4v) is 5.43. The van der Waals surface area contributed by atoms with Gasteiger partial charge in [-0.3, -0.25) is 14.9 Å². The first-order chi connectivity index (χ1) is 17.7. The number of halogens is 4. The van der Waals surface area contributed by atoms with E-state index in [0.717, 1.165) is 6.07 Å². The number of nitriles is 1. The van der Waals surface area contributed by atoms with Gasteiger partial charge in [-0.15, -0.1) is 0 Å². The van der Waals surface area contributed by atoms with Crippen LogP contribution in [-0.2, 0) is 19.7 Å². The Balaban J connectivity index is 2.23. The van der Waals surface area contributed by atoms with Gasteiger partial charge in [-0.2, -0.15) is 5.26 Å². The van der Waals surface area contributed by atoms with Crippen LogP contribution in [0.15, 0.2) is 36.4 Å². The van der Waals surface area contributed by atoms with E-state index in [1.807, 2.05) is 20.8 Å². The summed E-state index contributed by atoms with van der Waals surface area (Å²) in [6.45, 7) is 5.17. The molecule has 4 N–H and O–H groups in total. The Morgan fingerprint density at radius 2 is 1.95 bits per heavy atom. The van der Waals surface area contributed by atoms with E-state index in [4.69, 9.17) is 33.7 Å². The Morgan fingerprint density at radius 3 is 2.53 bits per heavy atom. The van der Waals surface area contributed by atoms with Gasteiger partial charge in [-0.25, -0.2) is 8.78 Å². The summed E-state index contributed by atoms with van der Waals surface area (Å²) in [5.74, 6) is -4.67. The van der Waals surface area contributed by atoms with Crippen LogP contribution in [0, 0.1) is 28.4 Å². The van der Waals surface area contributed by atoms with E-state index in [1.165, 1.54) is 30.3 Å². The normalized spacial score (nSPS) is 24.0. The molecule has 38 heavy (non-hydrogen) atoms.